The summed E-state index contributed by atoms with van der Waals surface area (Å²) in [4.78, 5) is 0. The average Bonchev–Trinajstić information content (AvgIpc) is 2.00. The fourth-order valence-corrected chi connectivity index (χ4v) is 1.99. The van der Waals surface area contributed by atoms with Crippen molar-refractivity contribution in [2.45, 2.75) is 54.0 Å². The second-order valence-electron chi connectivity index (χ2n) is 7.36. The molecule has 0 saturated carbocycles. The Morgan fingerprint density at radius 2 is 1.13 bits per heavy atom. The molecular formula is C14H32N+. The van der Waals surface area contributed by atoms with Gasteiger partial charge >= 0.3 is 0 Å². The summed E-state index contributed by atoms with van der Waals surface area (Å²) >= 11 is 0. The number of hydrogen-bond acceptors (Lipinski definition) is 0. The molecule has 0 aromatic rings. The van der Waals surface area contributed by atoms with Crippen LogP contribution in [0.3, 0.4) is 0 Å². The molecule has 0 fully saturated rings. The number of nitrogens with zero attached hydrogens (tertiary/aromatic N) is 1. The highest BCUT2D eigenvalue weighted by Gasteiger charge is 2.46. The van der Waals surface area contributed by atoms with E-state index < -0.39 is 0 Å². The zero-order chi connectivity index (χ0) is 12.7. The van der Waals surface area contributed by atoms with Gasteiger partial charge in [-0.25, -0.2) is 0 Å². The van der Waals surface area contributed by atoms with E-state index in [0.717, 1.165) is 10.4 Å². The van der Waals surface area contributed by atoms with Crippen molar-refractivity contribution in [1.82, 2.24) is 0 Å². The van der Waals surface area contributed by atoms with E-state index in [1.54, 1.807) is 0 Å². The molecule has 0 radical (unpaired) electrons. The summed E-state index contributed by atoms with van der Waals surface area (Å²) in [5, 5.41) is 0. The predicted octanol–water partition coefficient (Wildman–Crippen LogP) is 3.79. The smallest absolute Gasteiger partial charge is 0.0960 e. The van der Waals surface area contributed by atoms with Crippen molar-refractivity contribution >= 4 is 0 Å². The Morgan fingerprint density at radius 3 is 1.33 bits per heavy atom. The standard InChI is InChI=1S/C14H32N/c1-11(2)13(4,5)12(3)14(6,7)15(8,9)10/h11-12H,1-10H3/q+1. The van der Waals surface area contributed by atoms with Gasteiger partial charge in [0.2, 0.25) is 0 Å². The highest BCUT2D eigenvalue weighted by molar-refractivity contribution is 4.89. The van der Waals surface area contributed by atoms with Crippen molar-refractivity contribution in [1.29, 1.82) is 0 Å². The van der Waals surface area contributed by atoms with Crippen molar-refractivity contribution in [3.8, 4) is 0 Å². The molecule has 92 valence electrons. The van der Waals surface area contributed by atoms with Gasteiger partial charge in [0.1, 0.15) is 0 Å². The Balaban J connectivity index is 5.09. The zero-order valence-electron chi connectivity index (χ0n) is 12.6. The summed E-state index contributed by atoms with van der Waals surface area (Å²) in [6.45, 7) is 16.7. The number of hydrogen-bond donors (Lipinski definition) is 0. The van der Waals surface area contributed by atoms with E-state index in [9.17, 15) is 0 Å². The summed E-state index contributed by atoms with van der Waals surface area (Å²) < 4.78 is 1.02. The first-order valence-corrected chi connectivity index (χ1v) is 6.16. The Bertz CT molecular complexity index is 206. The van der Waals surface area contributed by atoms with Gasteiger partial charge in [0.15, 0.2) is 0 Å². The topological polar surface area (TPSA) is 0 Å². The van der Waals surface area contributed by atoms with Crippen LogP contribution in [-0.4, -0.2) is 31.2 Å². The maximum atomic E-state index is 2.41. The van der Waals surface area contributed by atoms with E-state index in [-0.39, 0.29) is 0 Å². The van der Waals surface area contributed by atoms with E-state index in [4.69, 9.17) is 0 Å². The normalized spacial score (nSPS) is 17.0. The molecule has 1 unspecified atom stereocenters. The second-order valence-corrected chi connectivity index (χ2v) is 7.36. The second kappa shape index (κ2) is 4.08. The summed E-state index contributed by atoms with van der Waals surface area (Å²) in [6, 6.07) is 0. The van der Waals surface area contributed by atoms with E-state index in [2.05, 4.69) is 69.6 Å². The van der Waals surface area contributed by atoms with Crippen LogP contribution in [0.15, 0.2) is 0 Å². The third kappa shape index (κ3) is 2.75. The third-order valence-corrected chi connectivity index (χ3v) is 5.39. The summed E-state index contributed by atoms with van der Waals surface area (Å²) in [6.07, 6.45) is 0. The van der Waals surface area contributed by atoms with Gasteiger partial charge in [-0.15, -0.1) is 0 Å². The first kappa shape index (κ1) is 15.0. The predicted molar refractivity (Wildman–Crippen MR) is 69.9 cm³/mol. The molecule has 1 heteroatoms. The minimum Gasteiger partial charge on any atom is -0.326 e. The first-order chi connectivity index (χ1) is 6.35. The fourth-order valence-electron chi connectivity index (χ4n) is 1.99. The lowest BCUT2D eigenvalue weighted by Gasteiger charge is -2.51. The van der Waals surface area contributed by atoms with E-state index in [1.165, 1.54) is 0 Å². The van der Waals surface area contributed by atoms with Gasteiger partial charge in [-0.3, -0.25) is 0 Å². The van der Waals surface area contributed by atoms with Crippen LogP contribution in [-0.2, 0) is 0 Å². The molecule has 0 aromatic carbocycles. The van der Waals surface area contributed by atoms with Crippen LogP contribution in [0.4, 0.5) is 0 Å². The van der Waals surface area contributed by atoms with Gasteiger partial charge in [0.25, 0.3) is 0 Å². The SMILES string of the molecule is CC(C)C(C)(C)C(C)C(C)(C)[N+](C)(C)C. The van der Waals surface area contributed by atoms with Crippen LogP contribution in [0.1, 0.15) is 48.5 Å². The molecule has 1 nitrogen and oxygen atoms in total. The van der Waals surface area contributed by atoms with Crippen LogP contribution < -0.4 is 0 Å². The molecule has 0 aromatic heterocycles. The molecule has 1 atom stereocenters. The molecule has 0 aliphatic rings. The number of quaternary nitrogens is 1. The zero-order valence-corrected chi connectivity index (χ0v) is 12.6. The van der Waals surface area contributed by atoms with E-state index >= 15 is 0 Å². The maximum Gasteiger partial charge on any atom is 0.0960 e. The van der Waals surface area contributed by atoms with Crippen LogP contribution in [0, 0.1) is 17.3 Å². The quantitative estimate of drug-likeness (QED) is 0.625. The Labute approximate surface area is 97.5 Å². The molecule has 0 saturated heterocycles. The van der Waals surface area contributed by atoms with Gasteiger partial charge in [-0.2, -0.15) is 0 Å². The third-order valence-electron chi connectivity index (χ3n) is 5.39. The van der Waals surface area contributed by atoms with Crippen molar-refractivity contribution in [2.24, 2.45) is 17.3 Å². The molecule has 0 aliphatic heterocycles. The fraction of sp³-hybridized carbons (Fsp3) is 1.00. The summed E-state index contributed by atoms with van der Waals surface area (Å²) in [5.41, 5.74) is 0.683. The molecule has 0 spiro atoms. The molecule has 0 bridgehead atoms. The number of rotatable bonds is 4. The van der Waals surface area contributed by atoms with Gasteiger partial charge < -0.3 is 4.48 Å². The van der Waals surface area contributed by atoms with Crippen LogP contribution in [0.5, 0.6) is 0 Å². The minimum atomic E-state index is 0.299. The largest absolute Gasteiger partial charge is 0.326 e. The molecule has 0 N–H and O–H groups in total. The van der Waals surface area contributed by atoms with Crippen molar-refractivity contribution < 1.29 is 4.48 Å². The Morgan fingerprint density at radius 1 is 0.800 bits per heavy atom. The van der Waals surface area contributed by atoms with E-state index in [1.807, 2.05) is 0 Å². The lowest BCUT2D eigenvalue weighted by Crippen LogP contribution is -2.60. The summed E-state index contributed by atoms with van der Waals surface area (Å²) in [7, 11) is 6.90. The van der Waals surface area contributed by atoms with E-state index in [0.29, 0.717) is 16.9 Å². The lowest BCUT2D eigenvalue weighted by molar-refractivity contribution is -0.925. The molecule has 0 heterocycles. The molecule has 15 heavy (non-hydrogen) atoms. The molecule has 0 rings (SSSR count). The van der Waals surface area contributed by atoms with Crippen LogP contribution in [0.2, 0.25) is 0 Å². The highest BCUT2D eigenvalue weighted by Crippen LogP contribution is 2.43. The van der Waals surface area contributed by atoms with Gasteiger partial charge in [-0.1, -0.05) is 34.6 Å². The summed E-state index contributed by atoms with van der Waals surface area (Å²) in [5.74, 6) is 1.41. The lowest BCUT2D eigenvalue weighted by atomic mass is 9.64. The van der Waals surface area contributed by atoms with Crippen LogP contribution >= 0.6 is 0 Å². The van der Waals surface area contributed by atoms with Gasteiger partial charge in [0.05, 0.1) is 26.7 Å². The maximum absolute atomic E-state index is 2.41. The Hall–Kier alpha value is -0.0400. The molecular weight excluding hydrogens is 182 g/mol. The Kier molecular flexibility index (Phi) is 4.07. The molecule has 0 amide bonds. The van der Waals surface area contributed by atoms with Gasteiger partial charge in [0, 0.05) is 5.92 Å². The van der Waals surface area contributed by atoms with Gasteiger partial charge in [-0.05, 0) is 25.2 Å². The van der Waals surface area contributed by atoms with Crippen molar-refractivity contribution in [3.05, 3.63) is 0 Å². The first-order valence-electron chi connectivity index (χ1n) is 6.16. The van der Waals surface area contributed by atoms with Crippen molar-refractivity contribution in [2.75, 3.05) is 21.1 Å². The average molecular weight is 214 g/mol. The van der Waals surface area contributed by atoms with Crippen molar-refractivity contribution in [3.63, 3.8) is 0 Å². The van der Waals surface area contributed by atoms with Crippen LogP contribution in [0.25, 0.3) is 0 Å². The minimum absolute atomic E-state index is 0.299. The monoisotopic (exact) mass is 214 g/mol. The molecule has 0 aliphatic carbocycles. The highest BCUT2D eigenvalue weighted by atomic mass is 15.3.